The van der Waals surface area contributed by atoms with Crippen LogP contribution >= 0.6 is 0 Å². The van der Waals surface area contributed by atoms with Gasteiger partial charge in [-0.3, -0.25) is 4.99 Å². The van der Waals surface area contributed by atoms with Crippen LogP contribution < -0.4 is 0 Å². The number of H-pyrrole nitrogens is 1. The fourth-order valence-corrected chi connectivity index (χ4v) is 1.68. The van der Waals surface area contributed by atoms with Gasteiger partial charge in [-0.25, -0.2) is 0 Å². The predicted octanol–water partition coefficient (Wildman–Crippen LogP) is 2.45. The summed E-state index contributed by atoms with van der Waals surface area (Å²) in [5.41, 5.74) is 1.75. The van der Waals surface area contributed by atoms with Crippen molar-refractivity contribution in [3.8, 4) is 5.88 Å². The minimum atomic E-state index is 0.209. The van der Waals surface area contributed by atoms with E-state index in [1.54, 1.807) is 6.21 Å². The van der Waals surface area contributed by atoms with E-state index in [9.17, 15) is 5.11 Å². The first-order valence-corrected chi connectivity index (χ1v) is 5.17. The van der Waals surface area contributed by atoms with Crippen molar-refractivity contribution in [1.29, 1.82) is 0 Å². The van der Waals surface area contributed by atoms with Crippen molar-refractivity contribution in [2.75, 3.05) is 0 Å². The first-order valence-electron chi connectivity index (χ1n) is 5.17. The molecule has 1 aromatic heterocycles. The van der Waals surface area contributed by atoms with Gasteiger partial charge in [-0.05, 0) is 18.9 Å². The molecule has 0 amide bonds. The summed E-state index contributed by atoms with van der Waals surface area (Å²) >= 11 is 0. The number of aromatic nitrogens is 1. The Hall–Kier alpha value is -1.77. The number of hydrogen-bond donors (Lipinski definition) is 2. The lowest BCUT2D eigenvalue weighted by Gasteiger charge is -1.90. The first kappa shape index (κ1) is 8.53. The van der Waals surface area contributed by atoms with Crippen molar-refractivity contribution in [3.63, 3.8) is 0 Å². The molecule has 1 saturated carbocycles. The molecule has 0 bridgehead atoms. The monoisotopic (exact) mass is 200 g/mol. The summed E-state index contributed by atoms with van der Waals surface area (Å²) in [6.45, 7) is 0. The van der Waals surface area contributed by atoms with Gasteiger partial charge in [-0.2, -0.15) is 0 Å². The molecular weight excluding hydrogens is 188 g/mol. The van der Waals surface area contributed by atoms with Gasteiger partial charge in [0, 0.05) is 17.1 Å². The molecule has 0 unspecified atom stereocenters. The third-order valence-electron chi connectivity index (χ3n) is 2.69. The second kappa shape index (κ2) is 3.12. The van der Waals surface area contributed by atoms with E-state index in [0.29, 0.717) is 6.04 Å². The highest BCUT2D eigenvalue weighted by atomic mass is 16.3. The van der Waals surface area contributed by atoms with E-state index in [1.807, 2.05) is 24.3 Å². The number of hydrogen-bond acceptors (Lipinski definition) is 2. The van der Waals surface area contributed by atoms with Crippen molar-refractivity contribution in [3.05, 3.63) is 29.8 Å². The van der Waals surface area contributed by atoms with Crippen molar-refractivity contribution in [2.24, 2.45) is 4.99 Å². The van der Waals surface area contributed by atoms with E-state index >= 15 is 0 Å². The largest absolute Gasteiger partial charge is 0.494 e. The van der Waals surface area contributed by atoms with Crippen LogP contribution in [0.3, 0.4) is 0 Å². The molecule has 0 spiro atoms. The number of nitrogens with one attached hydrogen (secondary N) is 1. The van der Waals surface area contributed by atoms with Crippen LogP contribution in [-0.4, -0.2) is 22.3 Å². The molecule has 3 heteroatoms. The average Bonchev–Trinajstić information content (AvgIpc) is 3.00. The Labute approximate surface area is 87.5 Å². The second-order valence-corrected chi connectivity index (χ2v) is 3.94. The molecular formula is C12H12N2O. The van der Waals surface area contributed by atoms with Crippen LogP contribution in [0, 0.1) is 0 Å². The number of rotatable bonds is 2. The summed E-state index contributed by atoms with van der Waals surface area (Å²) in [5.74, 6) is 0.209. The molecule has 1 heterocycles. The van der Waals surface area contributed by atoms with Crippen LogP contribution in [0.25, 0.3) is 10.9 Å². The second-order valence-electron chi connectivity index (χ2n) is 3.94. The van der Waals surface area contributed by atoms with E-state index in [-0.39, 0.29) is 5.88 Å². The van der Waals surface area contributed by atoms with Crippen LogP contribution in [0.5, 0.6) is 5.88 Å². The normalized spacial score (nSPS) is 16.5. The van der Waals surface area contributed by atoms with Crippen LogP contribution in [0.2, 0.25) is 0 Å². The zero-order chi connectivity index (χ0) is 10.3. The van der Waals surface area contributed by atoms with E-state index < -0.39 is 0 Å². The summed E-state index contributed by atoms with van der Waals surface area (Å²) in [4.78, 5) is 7.32. The molecule has 1 aliphatic carbocycles. The summed E-state index contributed by atoms with van der Waals surface area (Å²) in [6.07, 6.45) is 4.14. The molecule has 0 aliphatic heterocycles. The third kappa shape index (κ3) is 1.50. The minimum absolute atomic E-state index is 0.209. The van der Waals surface area contributed by atoms with Crippen molar-refractivity contribution in [2.45, 2.75) is 18.9 Å². The Morgan fingerprint density at radius 3 is 2.93 bits per heavy atom. The maximum atomic E-state index is 9.72. The van der Waals surface area contributed by atoms with E-state index in [2.05, 4.69) is 9.98 Å². The molecule has 1 aromatic carbocycles. The highest BCUT2D eigenvalue weighted by molar-refractivity contribution is 6.01. The van der Waals surface area contributed by atoms with E-state index in [4.69, 9.17) is 0 Å². The van der Waals surface area contributed by atoms with Gasteiger partial charge in [-0.15, -0.1) is 0 Å². The minimum Gasteiger partial charge on any atom is -0.494 e. The van der Waals surface area contributed by atoms with Gasteiger partial charge < -0.3 is 10.1 Å². The number of nitrogens with zero attached hydrogens (tertiary/aromatic N) is 1. The number of aliphatic imine (C=N–C) groups is 1. The Morgan fingerprint density at radius 2 is 2.13 bits per heavy atom. The van der Waals surface area contributed by atoms with Gasteiger partial charge in [-0.1, -0.05) is 18.2 Å². The molecule has 3 nitrogen and oxygen atoms in total. The summed E-state index contributed by atoms with van der Waals surface area (Å²) in [6, 6.07) is 8.33. The SMILES string of the molecule is Oc1[nH]c2ccccc2c1C=NC1CC1. The highest BCUT2D eigenvalue weighted by Gasteiger charge is 2.19. The molecule has 15 heavy (non-hydrogen) atoms. The topological polar surface area (TPSA) is 48.4 Å². The van der Waals surface area contributed by atoms with Gasteiger partial charge in [0.25, 0.3) is 0 Å². The molecule has 0 radical (unpaired) electrons. The van der Waals surface area contributed by atoms with Crippen LogP contribution in [-0.2, 0) is 0 Å². The van der Waals surface area contributed by atoms with E-state index in [1.165, 1.54) is 12.8 Å². The number of aromatic amines is 1. The number of fused-ring (bicyclic) bond motifs is 1. The maximum Gasteiger partial charge on any atom is 0.198 e. The van der Waals surface area contributed by atoms with Crippen LogP contribution in [0.4, 0.5) is 0 Å². The smallest absolute Gasteiger partial charge is 0.198 e. The summed E-state index contributed by atoms with van der Waals surface area (Å²) in [5, 5.41) is 10.7. The molecule has 1 fully saturated rings. The zero-order valence-electron chi connectivity index (χ0n) is 8.27. The van der Waals surface area contributed by atoms with Gasteiger partial charge in [0.15, 0.2) is 5.88 Å². The number of aromatic hydroxyl groups is 1. The lowest BCUT2D eigenvalue weighted by molar-refractivity contribution is 0.457. The lowest BCUT2D eigenvalue weighted by Crippen LogP contribution is -1.82. The molecule has 0 atom stereocenters. The Kier molecular flexibility index (Phi) is 1.78. The zero-order valence-corrected chi connectivity index (χ0v) is 8.27. The molecule has 2 N–H and O–H groups in total. The lowest BCUT2D eigenvalue weighted by atomic mass is 10.2. The first-order chi connectivity index (χ1) is 7.34. The molecule has 1 aliphatic rings. The van der Waals surface area contributed by atoms with Crippen molar-refractivity contribution in [1.82, 2.24) is 4.98 Å². The van der Waals surface area contributed by atoms with Crippen LogP contribution in [0.1, 0.15) is 18.4 Å². The quantitative estimate of drug-likeness (QED) is 0.719. The Bertz CT molecular complexity index is 523. The molecule has 2 aromatic rings. The predicted molar refractivity (Wildman–Crippen MR) is 60.6 cm³/mol. The fraction of sp³-hybridized carbons (Fsp3) is 0.250. The standard InChI is InChI=1S/C12H12N2O/c15-12-10(7-13-8-5-6-8)9-3-1-2-4-11(9)14-12/h1-4,7-8,14-15H,5-6H2. The summed E-state index contributed by atoms with van der Waals surface area (Å²) < 4.78 is 0. The summed E-state index contributed by atoms with van der Waals surface area (Å²) in [7, 11) is 0. The Morgan fingerprint density at radius 1 is 1.33 bits per heavy atom. The van der Waals surface area contributed by atoms with Gasteiger partial charge >= 0.3 is 0 Å². The van der Waals surface area contributed by atoms with Crippen LogP contribution in [0.15, 0.2) is 29.3 Å². The molecule has 3 rings (SSSR count). The van der Waals surface area contributed by atoms with E-state index in [0.717, 1.165) is 16.5 Å². The maximum absolute atomic E-state index is 9.72. The number of benzene rings is 1. The van der Waals surface area contributed by atoms with Crippen molar-refractivity contribution < 1.29 is 5.11 Å². The highest BCUT2D eigenvalue weighted by Crippen LogP contribution is 2.27. The molecule has 0 saturated heterocycles. The van der Waals surface area contributed by atoms with Gasteiger partial charge in [0.1, 0.15) is 0 Å². The fourth-order valence-electron chi connectivity index (χ4n) is 1.68. The third-order valence-corrected chi connectivity index (χ3v) is 2.69. The number of para-hydroxylation sites is 1. The van der Waals surface area contributed by atoms with Gasteiger partial charge in [0.05, 0.1) is 11.6 Å². The Balaban J connectivity index is 2.10. The molecule has 76 valence electrons. The van der Waals surface area contributed by atoms with Gasteiger partial charge in [0.2, 0.25) is 0 Å². The van der Waals surface area contributed by atoms with Crippen molar-refractivity contribution >= 4 is 17.1 Å². The average molecular weight is 200 g/mol.